The molecule has 0 N–H and O–H groups in total. The zero-order valence-corrected chi connectivity index (χ0v) is 16.8. The van der Waals surface area contributed by atoms with E-state index in [-0.39, 0.29) is 11.4 Å². The second-order valence-corrected chi connectivity index (χ2v) is 8.03. The van der Waals surface area contributed by atoms with Crippen LogP contribution in [0.15, 0.2) is 18.2 Å². The van der Waals surface area contributed by atoms with E-state index in [1.165, 1.54) is 11.1 Å². The van der Waals surface area contributed by atoms with Gasteiger partial charge in [-0.2, -0.15) is 0 Å². The average Bonchev–Trinajstić information content (AvgIpc) is 2.76. The molecule has 0 aliphatic carbocycles. The van der Waals surface area contributed by atoms with Crippen molar-refractivity contribution in [2.45, 2.75) is 38.6 Å². The second-order valence-electron chi connectivity index (χ2n) is 8.03. The van der Waals surface area contributed by atoms with Crippen molar-refractivity contribution in [2.75, 3.05) is 53.4 Å². The summed E-state index contributed by atoms with van der Waals surface area (Å²) in [5, 5.41) is 0. The molecule has 5 nitrogen and oxygen atoms in total. The van der Waals surface area contributed by atoms with E-state index in [1.54, 1.807) is 0 Å². The molecule has 0 bridgehead atoms. The van der Waals surface area contributed by atoms with Crippen LogP contribution in [0.1, 0.15) is 30.4 Å². The van der Waals surface area contributed by atoms with Gasteiger partial charge in [0.1, 0.15) is 12.4 Å². The zero-order valence-electron chi connectivity index (χ0n) is 16.8. The minimum absolute atomic E-state index is 0.123. The number of carbonyl (C=O) groups is 1. The number of aryl methyl sites for hydroxylation is 1. The minimum atomic E-state index is 0.123. The molecular weight excluding hydrogens is 326 g/mol. The highest BCUT2D eigenvalue weighted by molar-refractivity contribution is 5.76. The number of likely N-dealkylation sites (N-methyl/N-ethyl adjacent to an activating group) is 1. The van der Waals surface area contributed by atoms with E-state index in [4.69, 9.17) is 4.74 Å². The first kappa shape index (κ1) is 19.2. The summed E-state index contributed by atoms with van der Waals surface area (Å²) < 4.78 is 6.06. The van der Waals surface area contributed by atoms with E-state index < -0.39 is 0 Å². The van der Waals surface area contributed by atoms with Crippen molar-refractivity contribution in [3.05, 3.63) is 29.3 Å². The van der Waals surface area contributed by atoms with Gasteiger partial charge < -0.3 is 9.64 Å². The van der Waals surface area contributed by atoms with Crippen LogP contribution >= 0.6 is 0 Å². The van der Waals surface area contributed by atoms with Crippen LogP contribution in [-0.2, 0) is 4.79 Å². The Kier molecular flexibility index (Phi) is 5.88. The summed E-state index contributed by atoms with van der Waals surface area (Å²) in [7, 11) is 4.15. The lowest BCUT2D eigenvalue weighted by molar-refractivity contribution is -0.129. The third kappa shape index (κ3) is 4.04. The number of carbonyl (C=O) groups excluding carboxylic acids is 1. The number of ether oxygens (including phenoxy) is 1. The van der Waals surface area contributed by atoms with Crippen molar-refractivity contribution in [2.24, 2.45) is 0 Å². The van der Waals surface area contributed by atoms with E-state index in [9.17, 15) is 4.79 Å². The first-order valence-corrected chi connectivity index (χ1v) is 9.78. The first-order chi connectivity index (χ1) is 12.4. The number of hydrogen-bond acceptors (Lipinski definition) is 4. The topological polar surface area (TPSA) is 36.0 Å². The average molecular weight is 360 g/mol. The Bertz CT molecular complexity index is 648. The predicted octanol–water partition coefficient (Wildman–Crippen LogP) is 2.31. The van der Waals surface area contributed by atoms with Gasteiger partial charge in [-0.25, -0.2) is 0 Å². The third-order valence-electron chi connectivity index (χ3n) is 6.44. The first-order valence-electron chi connectivity index (χ1n) is 9.78. The summed E-state index contributed by atoms with van der Waals surface area (Å²) in [6.45, 7) is 9.90. The Morgan fingerprint density at radius 1 is 1.12 bits per heavy atom. The Morgan fingerprint density at radius 3 is 2.73 bits per heavy atom. The number of likely N-dealkylation sites (tertiary alicyclic amines) is 1. The molecule has 2 aliphatic heterocycles. The standard InChI is InChI=1S/C21H33N3O2/c1-17-6-5-7-19(18(17)2)26-15-14-24-13-12-23(4)21(16-24)9-8-20(25)22(3)11-10-21/h5-7H,8-16H2,1-4H3. The van der Waals surface area contributed by atoms with Crippen molar-refractivity contribution in [3.63, 3.8) is 0 Å². The fourth-order valence-electron chi connectivity index (χ4n) is 4.20. The van der Waals surface area contributed by atoms with Gasteiger partial charge in [-0.15, -0.1) is 0 Å². The van der Waals surface area contributed by atoms with Crippen LogP contribution in [0.3, 0.4) is 0 Å². The minimum Gasteiger partial charge on any atom is -0.492 e. The molecule has 2 aliphatic rings. The molecule has 0 saturated carbocycles. The molecule has 0 aromatic heterocycles. The summed E-state index contributed by atoms with van der Waals surface area (Å²) in [6, 6.07) is 6.24. The summed E-state index contributed by atoms with van der Waals surface area (Å²) in [5.41, 5.74) is 2.62. The van der Waals surface area contributed by atoms with Crippen LogP contribution in [0, 0.1) is 13.8 Å². The lowest BCUT2D eigenvalue weighted by atomic mass is 9.86. The summed E-state index contributed by atoms with van der Waals surface area (Å²) >= 11 is 0. The predicted molar refractivity (Wildman–Crippen MR) is 105 cm³/mol. The maximum atomic E-state index is 12.1. The van der Waals surface area contributed by atoms with Crippen LogP contribution in [-0.4, -0.2) is 79.6 Å². The molecule has 5 heteroatoms. The molecule has 3 rings (SSSR count). The molecule has 26 heavy (non-hydrogen) atoms. The largest absolute Gasteiger partial charge is 0.492 e. The molecule has 1 aromatic rings. The number of hydrogen-bond donors (Lipinski definition) is 0. The Hall–Kier alpha value is -1.59. The fraction of sp³-hybridized carbons (Fsp3) is 0.667. The van der Waals surface area contributed by atoms with Crippen molar-refractivity contribution in [3.8, 4) is 5.75 Å². The number of nitrogens with zero attached hydrogens (tertiary/aromatic N) is 3. The van der Waals surface area contributed by atoms with E-state index in [2.05, 4.69) is 48.9 Å². The van der Waals surface area contributed by atoms with Crippen molar-refractivity contribution in [1.29, 1.82) is 0 Å². The number of benzene rings is 1. The van der Waals surface area contributed by atoms with E-state index in [0.29, 0.717) is 13.0 Å². The number of piperazine rings is 1. The van der Waals surface area contributed by atoms with Crippen molar-refractivity contribution < 1.29 is 9.53 Å². The quantitative estimate of drug-likeness (QED) is 0.827. The van der Waals surface area contributed by atoms with Gasteiger partial charge >= 0.3 is 0 Å². The molecule has 1 unspecified atom stereocenters. The highest BCUT2D eigenvalue weighted by atomic mass is 16.5. The third-order valence-corrected chi connectivity index (χ3v) is 6.44. The van der Waals surface area contributed by atoms with E-state index in [0.717, 1.165) is 51.3 Å². The molecule has 1 aromatic carbocycles. The highest BCUT2D eigenvalue weighted by Gasteiger charge is 2.41. The molecule has 2 saturated heterocycles. The SMILES string of the molecule is Cc1cccc(OCCN2CCN(C)C3(CCC(=O)N(C)CC3)C2)c1C. The van der Waals surface area contributed by atoms with Gasteiger partial charge in [0.25, 0.3) is 0 Å². The molecule has 2 heterocycles. The molecule has 144 valence electrons. The lowest BCUT2D eigenvalue weighted by Gasteiger charge is -2.49. The Labute approximate surface area is 157 Å². The normalized spacial score (nSPS) is 25.5. The van der Waals surface area contributed by atoms with E-state index >= 15 is 0 Å². The molecule has 0 radical (unpaired) electrons. The van der Waals surface area contributed by atoms with Crippen molar-refractivity contribution in [1.82, 2.24) is 14.7 Å². The van der Waals surface area contributed by atoms with Crippen LogP contribution in [0.5, 0.6) is 5.75 Å². The Balaban J connectivity index is 1.58. The maximum absolute atomic E-state index is 12.1. The van der Waals surface area contributed by atoms with Gasteiger partial charge in [-0.1, -0.05) is 12.1 Å². The lowest BCUT2D eigenvalue weighted by Crippen LogP contribution is -2.61. The summed E-state index contributed by atoms with van der Waals surface area (Å²) in [6.07, 6.45) is 2.68. The van der Waals surface area contributed by atoms with Crippen LogP contribution < -0.4 is 4.74 Å². The zero-order chi connectivity index (χ0) is 18.7. The van der Waals surface area contributed by atoms with Crippen LogP contribution in [0.25, 0.3) is 0 Å². The highest BCUT2D eigenvalue weighted by Crippen LogP contribution is 2.31. The van der Waals surface area contributed by atoms with Gasteiger partial charge in [-0.3, -0.25) is 14.6 Å². The van der Waals surface area contributed by atoms with Crippen LogP contribution in [0.4, 0.5) is 0 Å². The fourth-order valence-corrected chi connectivity index (χ4v) is 4.20. The molecular formula is C21H33N3O2. The second kappa shape index (κ2) is 7.97. The van der Waals surface area contributed by atoms with Gasteiger partial charge in [0.2, 0.25) is 5.91 Å². The molecule has 1 spiro atoms. The Morgan fingerprint density at radius 2 is 1.92 bits per heavy atom. The number of rotatable bonds is 4. The summed E-state index contributed by atoms with van der Waals surface area (Å²) in [5.74, 6) is 1.28. The van der Waals surface area contributed by atoms with Gasteiger partial charge in [0.05, 0.1) is 0 Å². The molecule has 1 atom stereocenters. The number of amides is 1. The van der Waals surface area contributed by atoms with Crippen LogP contribution in [0.2, 0.25) is 0 Å². The molecule has 1 amide bonds. The van der Waals surface area contributed by atoms with Gasteiger partial charge in [-0.05, 0) is 50.9 Å². The van der Waals surface area contributed by atoms with Gasteiger partial charge in [0.15, 0.2) is 0 Å². The monoisotopic (exact) mass is 359 g/mol. The summed E-state index contributed by atoms with van der Waals surface area (Å²) in [4.78, 5) is 19.0. The molecule has 2 fully saturated rings. The smallest absolute Gasteiger partial charge is 0.222 e. The van der Waals surface area contributed by atoms with Gasteiger partial charge in [0, 0.05) is 51.7 Å². The maximum Gasteiger partial charge on any atom is 0.222 e. The van der Waals surface area contributed by atoms with Crippen molar-refractivity contribution >= 4 is 5.91 Å². The van der Waals surface area contributed by atoms with E-state index in [1.807, 2.05) is 11.9 Å².